The van der Waals surface area contributed by atoms with Crippen molar-refractivity contribution in [2.45, 2.75) is 25.9 Å². The van der Waals surface area contributed by atoms with Crippen LogP contribution in [0.1, 0.15) is 13.8 Å². The summed E-state index contributed by atoms with van der Waals surface area (Å²) in [4.78, 5) is 0. The average Bonchev–Trinajstić information content (AvgIpc) is 1.89. The standard InChI is InChI=1S/C6H13F2NO/c1-3-10-5(2)6(7,8)4-9/h5H,3-4,9H2,1-2H3. The lowest BCUT2D eigenvalue weighted by molar-refractivity contribution is -0.119. The van der Waals surface area contributed by atoms with E-state index in [0.717, 1.165) is 0 Å². The minimum Gasteiger partial charge on any atom is -0.372 e. The fourth-order valence-electron chi connectivity index (χ4n) is 0.538. The van der Waals surface area contributed by atoms with Gasteiger partial charge in [0.25, 0.3) is 5.92 Å². The molecular weight excluding hydrogens is 140 g/mol. The molecule has 2 N–H and O–H groups in total. The van der Waals surface area contributed by atoms with Crippen molar-refractivity contribution in [2.24, 2.45) is 5.73 Å². The van der Waals surface area contributed by atoms with Crippen LogP contribution in [-0.4, -0.2) is 25.2 Å². The zero-order chi connectivity index (χ0) is 8.20. The summed E-state index contributed by atoms with van der Waals surface area (Å²) in [6.07, 6.45) is -1.08. The number of alkyl halides is 2. The van der Waals surface area contributed by atoms with E-state index in [-0.39, 0.29) is 6.61 Å². The van der Waals surface area contributed by atoms with Crippen LogP contribution in [0.3, 0.4) is 0 Å². The zero-order valence-corrected chi connectivity index (χ0v) is 6.23. The molecule has 0 aliphatic heterocycles. The summed E-state index contributed by atoms with van der Waals surface area (Å²) in [6.45, 7) is 2.62. The summed E-state index contributed by atoms with van der Waals surface area (Å²) >= 11 is 0. The van der Waals surface area contributed by atoms with Crippen LogP contribution >= 0.6 is 0 Å². The van der Waals surface area contributed by atoms with E-state index >= 15 is 0 Å². The molecular formula is C6H13F2NO. The number of hydrogen-bond donors (Lipinski definition) is 1. The molecule has 0 saturated carbocycles. The Bertz CT molecular complexity index is 97.7. The van der Waals surface area contributed by atoms with Crippen LogP contribution in [0.15, 0.2) is 0 Å². The zero-order valence-electron chi connectivity index (χ0n) is 6.23. The van der Waals surface area contributed by atoms with Crippen LogP contribution in [0.25, 0.3) is 0 Å². The Morgan fingerprint density at radius 2 is 2.10 bits per heavy atom. The van der Waals surface area contributed by atoms with Gasteiger partial charge in [0.1, 0.15) is 6.10 Å². The summed E-state index contributed by atoms with van der Waals surface area (Å²) in [5.41, 5.74) is 4.81. The fourth-order valence-corrected chi connectivity index (χ4v) is 0.538. The summed E-state index contributed by atoms with van der Waals surface area (Å²) in [6, 6.07) is 0. The van der Waals surface area contributed by atoms with E-state index in [4.69, 9.17) is 5.73 Å². The lowest BCUT2D eigenvalue weighted by atomic mass is 10.2. The highest BCUT2D eigenvalue weighted by Crippen LogP contribution is 2.18. The van der Waals surface area contributed by atoms with Crippen LogP contribution in [0.5, 0.6) is 0 Å². The van der Waals surface area contributed by atoms with Crippen molar-refractivity contribution in [3.8, 4) is 0 Å². The second-order valence-electron chi connectivity index (χ2n) is 2.06. The second kappa shape index (κ2) is 3.83. The minimum atomic E-state index is -2.89. The van der Waals surface area contributed by atoms with E-state index < -0.39 is 18.6 Å². The van der Waals surface area contributed by atoms with Gasteiger partial charge in [-0.2, -0.15) is 0 Å². The predicted molar refractivity (Wildman–Crippen MR) is 35.1 cm³/mol. The highest BCUT2D eigenvalue weighted by molar-refractivity contribution is 4.74. The molecule has 2 nitrogen and oxygen atoms in total. The van der Waals surface area contributed by atoms with Crippen molar-refractivity contribution >= 4 is 0 Å². The third-order valence-electron chi connectivity index (χ3n) is 1.28. The molecule has 0 fully saturated rings. The molecule has 0 aromatic rings. The number of rotatable bonds is 4. The molecule has 1 unspecified atom stereocenters. The first-order valence-corrected chi connectivity index (χ1v) is 3.24. The third-order valence-corrected chi connectivity index (χ3v) is 1.28. The number of nitrogens with two attached hydrogens (primary N) is 1. The maximum absolute atomic E-state index is 12.5. The lowest BCUT2D eigenvalue weighted by Gasteiger charge is -2.21. The maximum Gasteiger partial charge on any atom is 0.285 e. The Labute approximate surface area is 59.3 Å². The summed E-state index contributed by atoms with van der Waals surface area (Å²) in [7, 11) is 0. The molecule has 1 atom stereocenters. The molecule has 0 aromatic carbocycles. The van der Waals surface area contributed by atoms with E-state index in [1.807, 2.05) is 0 Å². The van der Waals surface area contributed by atoms with Crippen molar-refractivity contribution < 1.29 is 13.5 Å². The molecule has 0 aliphatic carbocycles. The number of halogens is 2. The lowest BCUT2D eigenvalue weighted by Crippen LogP contribution is -2.40. The smallest absolute Gasteiger partial charge is 0.285 e. The number of hydrogen-bond acceptors (Lipinski definition) is 2. The third kappa shape index (κ3) is 2.58. The average molecular weight is 153 g/mol. The first-order chi connectivity index (χ1) is 4.54. The van der Waals surface area contributed by atoms with E-state index in [1.54, 1.807) is 6.92 Å². The first kappa shape index (κ1) is 9.78. The van der Waals surface area contributed by atoms with Crippen molar-refractivity contribution in [1.29, 1.82) is 0 Å². The second-order valence-corrected chi connectivity index (χ2v) is 2.06. The SMILES string of the molecule is CCOC(C)C(F)(F)CN. The predicted octanol–water partition coefficient (Wildman–Crippen LogP) is 1.01. The normalized spacial score (nSPS) is 15.3. The molecule has 0 saturated heterocycles. The van der Waals surface area contributed by atoms with Crippen molar-refractivity contribution in [2.75, 3.05) is 13.2 Å². The molecule has 0 aromatic heterocycles. The van der Waals surface area contributed by atoms with Crippen molar-refractivity contribution in [3.63, 3.8) is 0 Å². The fraction of sp³-hybridized carbons (Fsp3) is 1.00. The Morgan fingerprint density at radius 3 is 2.40 bits per heavy atom. The molecule has 4 heteroatoms. The largest absolute Gasteiger partial charge is 0.372 e. The van der Waals surface area contributed by atoms with Gasteiger partial charge in [-0.15, -0.1) is 0 Å². The quantitative estimate of drug-likeness (QED) is 0.654. The Morgan fingerprint density at radius 1 is 1.60 bits per heavy atom. The number of ether oxygens (including phenoxy) is 1. The topological polar surface area (TPSA) is 35.2 Å². The highest BCUT2D eigenvalue weighted by atomic mass is 19.3. The summed E-state index contributed by atoms with van der Waals surface area (Å²) in [5, 5.41) is 0. The summed E-state index contributed by atoms with van der Waals surface area (Å²) in [5.74, 6) is -2.89. The molecule has 10 heavy (non-hydrogen) atoms. The monoisotopic (exact) mass is 153 g/mol. The van der Waals surface area contributed by atoms with Gasteiger partial charge in [0.15, 0.2) is 0 Å². The van der Waals surface area contributed by atoms with E-state index in [1.165, 1.54) is 6.92 Å². The van der Waals surface area contributed by atoms with Crippen molar-refractivity contribution in [3.05, 3.63) is 0 Å². The minimum absolute atomic E-state index is 0.288. The molecule has 0 rings (SSSR count). The van der Waals surface area contributed by atoms with Crippen LogP contribution in [0.4, 0.5) is 8.78 Å². The molecule has 0 spiro atoms. The van der Waals surface area contributed by atoms with Gasteiger partial charge in [-0.1, -0.05) is 0 Å². The molecule has 62 valence electrons. The molecule has 0 aliphatic rings. The van der Waals surface area contributed by atoms with Gasteiger partial charge in [0.2, 0.25) is 0 Å². The molecule has 0 amide bonds. The van der Waals surface area contributed by atoms with Crippen LogP contribution in [0, 0.1) is 0 Å². The van der Waals surface area contributed by atoms with E-state index in [0.29, 0.717) is 0 Å². The Kier molecular flexibility index (Phi) is 3.75. The van der Waals surface area contributed by atoms with Crippen molar-refractivity contribution in [1.82, 2.24) is 0 Å². The van der Waals surface area contributed by atoms with Crippen LogP contribution in [-0.2, 0) is 4.74 Å². The molecule has 0 bridgehead atoms. The summed E-state index contributed by atoms with van der Waals surface area (Å²) < 4.78 is 29.6. The van der Waals surface area contributed by atoms with E-state index in [2.05, 4.69) is 4.74 Å². The van der Waals surface area contributed by atoms with Gasteiger partial charge in [-0.25, -0.2) is 8.78 Å². The van der Waals surface area contributed by atoms with Gasteiger partial charge in [0.05, 0.1) is 6.54 Å². The van der Waals surface area contributed by atoms with Gasteiger partial charge in [0, 0.05) is 6.61 Å². The Balaban J connectivity index is 3.78. The van der Waals surface area contributed by atoms with Crippen LogP contribution in [0.2, 0.25) is 0 Å². The van der Waals surface area contributed by atoms with Gasteiger partial charge in [-0.3, -0.25) is 0 Å². The maximum atomic E-state index is 12.5. The Hall–Kier alpha value is -0.220. The molecule has 0 radical (unpaired) electrons. The molecule has 0 heterocycles. The van der Waals surface area contributed by atoms with Crippen LogP contribution < -0.4 is 5.73 Å². The van der Waals surface area contributed by atoms with Gasteiger partial charge < -0.3 is 10.5 Å². The highest BCUT2D eigenvalue weighted by Gasteiger charge is 2.34. The van der Waals surface area contributed by atoms with Gasteiger partial charge in [-0.05, 0) is 13.8 Å². The van der Waals surface area contributed by atoms with E-state index in [9.17, 15) is 8.78 Å². The first-order valence-electron chi connectivity index (χ1n) is 3.24. The van der Waals surface area contributed by atoms with Gasteiger partial charge >= 0.3 is 0 Å².